The van der Waals surface area contributed by atoms with E-state index in [9.17, 15) is 9.18 Å². The van der Waals surface area contributed by atoms with E-state index in [1.54, 1.807) is 12.1 Å². The van der Waals surface area contributed by atoms with Crippen molar-refractivity contribution in [1.82, 2.24) is 4.90 Å². The largest absolute Gasteiger partial charge is 0.396 e. The van der Waals surface area contributed by atoms with Crippen LogP contribution in [0.3, 0.4) is 0 Å². The second-order valence-corrected chi connectivity index (χ2v) is 6.54. The van der Waals surface area contributed by atoms with Crippen molar-refractivity contribution in [2.24, 2.45) is 0 Å². The maximum atomic E-state index is 13.7. The predicted molar refractivity (Wildman–Crippen MR) is 88.3 cm³/mol. The molecular formula is C16H22BrFN2O2. The SMILES string of the molecule is O=C(CCN1CCCCC1CCO)Nc1ccc(Br)cc1F. The van der Waals surface area contributed by atoms with Crippen molar-refractivity contribution in [3.8, 4) is 0 Å². The Morgan fingerprint density at radius 3 is 3.00 bits per heavy atom. The molecule has 1 unspecified atom stereocenters. The van der Waals surface area contributed by atoms with E-state index in [-0.39, 0.29) is 18.2 Å². The van der Waals surface area contributed by atoms with Crippen LogP contribution in [0.25, 0.3) is 0 Å². The number of aliphatic hydroxyl groups is 1. The number of carbonyl (C=O) groups excluding carboxylic acids is 1. The van der Waals surface area contributed by atoms with Crippen molar-refractivity contribution in [2.45, 2.75) is 38.1 Å². The summed E-state index contributed by atoms with van der Waals surface area (Å²) in [7, 11) is 0. The summed E-state index contributed by atoms with van der Waals surface area (Å²) in [5.74, 6) is -0.631. The molecule has 1 aromatic carbocycles. The molecule has 2 rings (SSSR count). The van der Waals surface area contributed by atoms with Crippen LogP contribution in [0.4, 0.5) is 10.1 Å². The van der Waals surface area contributed by atoms with Crippen LogP contribution in [0.2, 0.25) is 0 Å². The minimum absolute atomic E-state index is 0.178. The topological polar surface area (TPSA) is 52.6 Å². The second-order valence-electron chi connectivity index (χ2n) is 5.62. The minimum atomic E-state index is -0.446. The lowest BCUT2D eigenvalue weighted by atomic mass is 9.99. The first kappa shape index (κ1) is 17.4. The van der Waals surface area contributed by atoms with Crippen molar-refractivity contribution < 1.29 is 14.3 Å². The highest BCUT2D eigenvalue weighted by atomic mass is 79.9. The van der Waals surface area contributed by atoms with Gasteiger partial charge in [-0.05, 0) is 44.0 Å². The zero-order chi connectivity index (χ0) is 15.9. The predicted octanol–water partition coefficient (Wildman–Crippen LogP) is 3.15. The van der Waals surface area contributed by atoms with Gasteiger partial charge in [0.25, 0.3) is 0 Å². The summed E-state index contributed by atoms with van der Waals surface area (Å²) in [5.41, 5.74) is 0.207. The van der Waals surface area contributed by atoms with E-state index in [2.05, 4.69) is 26.1 Å². The summed E-state index contributed by atoms with van der Waals surface area (Å²) in [6, 6.07) is 4.93. The number of hydrogen-bond donors (Lipinski definition) is 2. The molecule has 1 saturated heterocycles. The molecule has 6 heteroatoms. The number of benzene rings is 1. The van der Waals surface area contributed by atoms with Crippen LogP contribution in [-0.2, 0) is 4.79 Å². The Labute approximate surface area is 138 Å². The molecule has 1 aromatic rings. The Morgan fingerprint density at radius 1 is 1.45 bits per heavy atom. The van der Waals surface area contributed by atoms with Crippen molar-refractivity contribution in [1.29, 1.82) is 0 Å². The van der Waals surface area contributed by atoms with E-state index < -0.39 is 5.82 Å². The van der Waals surface area contributed by atoms with Gasteiger partial charge in [-0.1, -0.05) is 22.4 Å². The number of nitrogens with zero attached hydrogens (tertiary/aromatic N) is 1. The Hall–Kier alpha value is -0.980. The summed E-state index contributed by atoms with van der Waals surface area (Å²) in [4.78, 5) is 14.3. The Bertz CT molecular complexity index is 511. The summed E-state index contributed by atoms with van der Waals surface area (Å²) < 4.78 is 14.3. The number of likely N-dealkylation sites (tertiary alicyclic amines) is 1. The van der Waals surface area contributed by atoms with Gasteiger partial charge in [0.05, 0.1) is 5.69 Å². The molecule has 1 aliphatic rings. The van der Waals surface area contributed by atoms with E-state index in [0.29, 0.717) is 23.5 Å². The van der Waals surface area contributed by atoms with Crippen LogP contribution < -0.4 is 5.32 Å². The highest BCUT2D eigenvalue weighted by molar-refractivity contribution is 9.10. The van der Waals surface area contributed by atoms with E-state index >= 15 is 0 Å². The lowest BCUT2D eigenvalue weighted by molar-refractivity contribution is -0.116. The maximum Gasteiger partial charge on any atom is 0.225 e. The fourth-order valence-corrected chi connectivity index (χ4v) is 3.21. The second kappa shape index (κ2) is 8.60. The number of aliphatic hydroxyl groups excluding tert-OH is 1. The van der Waals surface area contributed by atoms with Gasteiger partial charge in [-0.3, -0.25) is 9.69 Å². The van der Waals surface area contributed by atoms with Gasteiger partial charge >= 0.3 is 0 Å². The zero-order valence-electron chi connectivity index (χ0n) is 12.5. The van der Waals surface area contributed by atoms with Gasteiger partial charge in [0, 0.05) is 30.1 Å². The number of halogens is 2. The number of carbonyl (C=O) groups is 1. The number of hydrogen-bond acceptors (Lipinski definition) is 3. The average Bonchev–Trinajstić information content (AvgIpc) is 2.49. The number of piperidine rings is 1. The van der Waals surface area contributed by atoms with Gasteiger partial charge in [-0.2, -0.15) is 0 Å². The molecule has 1 atom stereocenters. The first-order chi connectivity index (χ1) is 10.6. The lowest BCUT2D eigenvalue weighted by Gasteiger charge is -2.35. The smallest absolute Gasteiger partial charge is 0.225 e. The van der Waals surface area contributed by atoms with Crippen LogP contribution in [-0.4, -0.2) is 41.7 Å². The quantitative estimate of drug-likeness (QED) is 0.806. The van der Waals surface area contributed by atoms with Crippen LogP contribution in [0.5, 0.6) is 0 Å². The van der Waals surface area contributed by atoms with Crippen molar-refractivity contribution >= 4 is 27.5 Å². The molecule has 1 heterocycles. The zero-order valence-corrected chi connectivity index (χ0v) is 14.1. The van der Waals surface area contributed by atoms with Gasteiger partial charge < -0.3 is 10.4 Å². The van der Waals surface area contributed by atoms with E-state index in [0.717, 1.165) is 25.8 Å². The molecule has 2 N–H and O–H groups in total. The Morgan fingerprint density at radius 2 is 2.27 bits per heavy atom. The first-order valence-electron chi connectivity index (χ1n) is 7.70. The van der Waals surface area contributed by atoms with Crippen molar-refractivity contribution in [3.05, 3.63) is 28.5 Å². The molecule has 0 spiro atoms. The number of nitrogens with one attached hydrogen (secondary N) is 1. The summed E-state index contributed by atoms with van der Waals surface area (Å²) in [6.45, 7) is 1.79. The third-order valence-electron chi connectivity index (χ3n) is 4.04. The van der Waals surface area contributed by atoms with Crippen LogP contribution in [0.1, 0.15) is 32.1 Å². The van der Waals surface area contributed by atoms with Gasteiger partial charge in [0.1, 0.15) is 5.82 Å². The third kappa shape index (κ3) is 5.04. The molecule has 0 aliphatic carbocycles. The molecule has 122 valence electrons. The minimum Gasteiger partial charge on any atom is -0.396 e. The van der Waals surface area contributed by atoms with Crippen molar-refractivity contribution in [3.63, 3.8) is 0 Å². The monoisotopic (exact) mass is 372 g/mol. The molecule has 22 heavy (non-hydrogen) atoms. The van der Waals surface area contributed by atoms with E-state index in [1.165, 1.54) is 12.5 Å². The lowest BCUT2D eigenvalue weighted by Crippen LogP contribution is -2.41. The molecular weight excluding hydrogens is 351 g/mol. The number of amides is 1. The van der Waals surface area contributed by atoms with Gasteiger partial charge in [0.15, 0.2) is 0 Å². The standard InChI is InChI=1S/C16H22BrFN2O2/c17-12-4-5-15(14(18)11-12)19-16(22)6-9-20-8-2-1-3-13(20)7-10-21/h4-5,11,13,21H,1-3,6-10H2,(H,19,22). The maximum absolute atomic E-state index is 13.7. The molecule has 0 bridgehead atoms. The highest BCUT2D eigenvalue weighted by Crippen LogP contribution is 2.21. The van der Waals surface area contributed by atoms with Crippen molar-refractivity contribution in [2.75, 3.05) is 25.0 Å². The van der Waals surface area contributed by atoms with Crippen LogP contribution in [0, 0.1) is 5.82 Å². The normalized spacial score (nSPS) is 19.1. The van der Waals surface area contributed by atoms with Gasteiger partial charge in [0.2, 0.25) is 5.91 Å². The van der Waals surface area contributed by atoms with Gasteiger partial charge in [-0.25, -0.2) is 4.39 Å². The molecule has 4 nitrogen and oxygen atoms in total. The summed E-state index contributed by atoms with van der Waals surface area (Å²) in [6.07, 6.45) is 4.46. The fraction of sp³-hybridized carbons (Fsp3) is 0.562. The summed E-state index contributed by atoms with van der Waals surface area (Å²) >= 11 is 3.19. The van der Waals surface area contributed by atoms with Crippen LogP contribution in [0.15, 0.2) is 22.7 Å². The average molecular weight is 373 g/mol. The third-order valence-corrected chi connectivity index (χ3v) is 4.54. The molecule has 1 aliphatic heterocycles. The van der Waals surface area contributed by atoms with Gasteiger partial charge in [-0.15, -0.1) is 0 Å². The molecule has 0 aromatic heterocycles. The molecule has 0 radical (unpaired) electrons. The highest BCUT2D eigenvalue weighted by Gasteiger charge is 2.22. The van der Waals surface area contributed by atoms with Crippen LogP contribution >= 0.6 is 15.9 Å². The Balaban J connectivity index is 1.83. The number of anilines is 1. The molecule has 1 fully saturated rings. The van der Waals surface area contributed by atoms with E-state index in [1.807, 2.05) is 0 Å². The summed E-state index contributed by atoms with van der Waals surface area (Å²) in [5, 5.41) is 11.7. The van der Waals surface area contributed by atoms with E-state index in [4.69, 9.17) is 5.11 Å². The molecule has 1 amide bonds. The number of rotatable bonds is 6. The molecule has 0 saturated carbocycles. The Kier molecular flexibility index (Phi) is 6.79. The first-order valence-corrected chi connectivity index (χ1v) is 8.49. The fourth-order valence-electron chi connectivity index (χ4n) is 2.88.